The molecule has 18 heavy (non-hydrogen) atoms. The minimum absolute atomic E-state index is 0.0421. The number of hydrogen-bond acceptors (Lipinski definition) is 5. The molecule has 2 heterocycles. The fourth-order valence-electron chi connectivity index (χ4n) is 1.92. The molecule has 0 saturated carbocycles. The molecule has 0 aromatic carbocycles. The van der Waals surface area contributed by atoms with E-state index in [1.165, 1.54) is 18.0 Å². The molecule has 0 amide bonds. The topological polar surface area (TPSA) is 47.8 Å². The minimum atomic E-state index is 0.0421. The number of fused-ring (bicyclic) bond motifs is 1. The van der Waals surface area contributed by atoms with Crippen LogP contribution in [-0.4, -0.2) is 19.7 Å². The van der Waals surface area contributed by atoms with Crippen LogP contribution in [0.25, 0.3) is 10.2 Å². The molecule has 6 heteroatoms. The molecule has 0 atom stereocenters. The molecule has 0 aliphatic heterocycles. The van der Waals surface area contributed by atoms with Gasteiger partial charge in [-0.15, -0.1) is 0 Å². The summed E-state index contributed by atoms with van der Waals surface area (Å²) in [6.07, 6.45) is 6.10. The van der Waals surface area contributed by atoms with Gasteiger partial charge in [0.05, 0.1) is 17.4 Å². The summed E-state index contributed by atoms with van der Waals surface area (Å²) in [5.41, 5.74) is 0.831. The summed E-state index contributed by atoms with van der Waals surface area (Å²) in [6, 6.07) is 0. The van der Waals surface area contributed by atoms with Crippen LogP contribution in [0.15, 0.2) is 11.1 Å². The zero-order valence-corrected chi connectivity index (χ0v) is 12.1. The predicted octanol–water partition coefficient (Wildman–Crippen LogP) is 2.65. The largest absolute Gasteiger partial charge is 0.299 e. The van der Waals surface area contributed by atoms with Gasteiger partial charge < -0.3 is 0 Å². The fourth-order valence-corrected chi connectivity index (χ4v) is 2.88. The van der Waals surface area contributed by atoms with Crippen LogP contribution in [0.4, 0.5) is 0 Å². The number of thiol groups is 1. The van der Waals surface area contributed by atoms with Gasteiger partial charge >= 0.3 is 0 Å². The lowest BCUT2D eigenvalue weighted by Crippen LogP contribution is -2.20. The van der Waals surface area contributed by atoms with E-state index in [9.17, 15) is 4.79 Å². The maximum atomic E-state index is 12.2. The zero-order chi connectivity index (χ0) is 13.0. The van der Waals surface area contributed by atoms with E-state index >= 15 is 0 Å². The molecule has 0 saturated heterocycles. The number of aromatic nitrogens is 3. The Bertz CT molecular complexity index is 576. The highest BCUT2D eigenvalue weighted by Crippen LogP contribution is 2.15. The van der Waals surface area contributed by atoms with Crippen molar-refractivity contribution in [2.24, 2.45) is 0 Å². The molecule has 0 radical (unpaired) electrons. The van der Waals surface area contributed by atoms with E-state index in [-0.39, 0.29) is 5.56 Å². The monoisotopic (exact) mass is 283 g/mol. The van der Waals surface area contributed by atoms with E-state index in [4.69, 9.17) is 0 Å². The van der Waals surface area contributed by atoms with Crippen LogP contribution in [0.3, 0.4) is 0 Å². The highest BCUT2D eigenvalue weighted by Gasteiger charge is 2.09. The fraction of sp³-hybridized carbons (Fsp3) is 0.583. The highest BCUT2D eigenvalue weighted by atomic mass is 32.1. The van der Waals surface area contributed by atoms with Crippen molar-refractivity contribution < 1.29 is 0 Å². The summed E-state index contributed by atoms with van der Waals surface area (Å²) in [6.45, 7) is 2.60. The molecule has 0 N–H and O–H groups in total. The third-order valence-electron chi connectivity index (χ3n) is 2.94. The van der Waals surface area contributed by atoms with E-state index in [1.807, 2.05) is 6.92 Å². The molecule has 2 aromatic rings. The van der Waals surface area contributed by atoms with E-state index in [1.54, 1.807) is 10.9 Å². The van der Waals surface area contributed by atoms with E-state index in [0.29, 0.717) is 5.39 Å². The smallest absolute Gasteiger partial charge is 0.263 e. The predicted molar refractivity (Wildman–Crippen MR) is 78.7 cm³/mol. The number of hydrogen-bond donors (Lipinski definition) is 1. The normalized spacial score (nSPS) is 11.2. The SMILES string of the molecule is Cc1nsc2ncn(CCCCCCS)c(=O)c12. The molecule has 0 fully saturated rings. The molecule has 0 aliphatic rings. The first-order valence-corrected chi connectivity index (χ1v) is 7.57. The Kier molecular flexibility index (Phi) is 4.77. The first-order valence-electron chi connectivity index (χ1n) is 6.16. The Hall–Kier alpha value is -0.880. The maximum absolute atomic E-state index is 12.2. The van der Waals surface area contributed by atoms with Crippen LogP contribution >= 0.6 is 24.2 Å². The van der Waals surface area contributed by atoms with Crippen LogP contribution in [-0.2, 0) is 6.54 Å². The van der Waals surface area contributed by atoms with Crippen LogP contribution in [0.2, 0.25) is 0 Å². The van der Waals surface area contributed by atoms with E-state index in [2.05, 4.69) is 22.0 Å². The lowest BCUT2D eigenvalue weighted by atomic mass is 10.2. The van der Waals surface area contributed by atoms with Crippen molar-refractivity contribution in [2.45, 2.75) is 39.2 Å². The number of rotatable bonds is 6. The van der Waals surface area contributed by atoms with Crippen molar-refractivity contribution >= 4 is 34.4 Å². The highest BCUT2D eigenvalue weighted by molar-refractivity contribution is 7.80. The molecule has 2 aromatic heterocycles. The van der Waals surface area contributed by atoms with Gasteiger partial charge in [-0.3, -0.25) is 9.36 Å². The van der Waals surface area contributed by atoms with Gasteiger partial charge in [-0.2, -0.15) is 17.0 Å². The Balaban J connectivity index is 2.07. The van der Waals surface area contributed by atoms with E-state index in [0.717, 1.165) is 42.1 Å². The average molecular weight is 283 g/mol. The summed E-state index contributed by atoms with van der Waals surface area (Å²) in [5.74, 6) is 0.938. The Morgan fingerprint density at radius 2 is 2.11 bits per heavy atom. The van der Waals surface area contributed by atoms with Gasteiger partial charge in [0.25, 0.3) is 5.56 Å². The van der Waals surface area contributed by atoms with Crippen molar-refractivity contribution in [1.82, 2.24) is 13.9 Å². The van der Waals surface area contributed by atoms with Crippen LogP contribution < -0.4 is 5.56 Å². The quantitative estimate of drug-likeness (QED) is 0.655. The summed E-state index contributed by atoms with van der Waals surface area (Å²) in [7, 11) is 0. The second-order valence-electron chi connectivity index (χ2n) is 4.33. The molecule has 98 valence electrons. The lowest BCUT2D eigenvalue weighted by molar-refractivity contribution is 0.569. The number of nitrogens with zero attached hydrogens (tertiary/aromatic N) is 3. The first-order chi connectivity index (χ1) is 8.74. The molecule has 0 aliphatic carbocycles. The van der Waals surface area contributed by atoms with Crippen LogP contribution in [0.1, 0.15) is 31.4 Å². The summed E-state index contributed by atoms with van der Waals surface area (Å²) < 4.78 is 5.87. The third-order valence-corrected chi connectivity index (χ3v) is 4.10. The van der Waals surface area contributed by atoms with Gasteiger partial charge in [-0.25, -0.2) is 4.98 Å². The van der Waals surface area contributed by atoms with Crippen LogP contribution in [0.5, 0.6) is 0 Å². The van der Waals surface area contributed by atoms with Crippen molar-refractivity contribution in [3.05, 3.63) is 22.4 Å². The molecular weight excluding hydrogens is 266 g/mol. The van der Waals surface area contributed by atoms with Crippen molar-refractivity contribution in [3.63, 3.8) is 0 Å². The molecule has 0 unspecified atom stereocenters. The standard InChI is InChI=1S/C12H17N3OS2/c1-9-10-11(18-14-9)13-8-15(12(10)16)6-4-2-3-5-7-17/h8,17H,2-7H2,1H3. The lowest BCUT2D eigenvalue weighted by Gasteiger charge is -2.04. The second kappa shape index (κ2) is 6.33. The molecule has 4 nitrogen and oxygen atoms in total. The van der Waals surface area contributed by atoms with Crippen molar-refractivity contribution in [2.75, 3.05) is 5.75 Å². The molecular formula is C12H17N3OS2. The zero-order valence-electron chi connectivity index (χ0n) is 10.4. The molecule has 2 rings (SSSR count). The summed E-state index contributed by atoms with van der Waals surface area (Å²) in [5, 5.41) is 0.679. The minimum Gasteiger partial charge on any atom is -0.299 e. The van der Waals surface area contributed by atoms with Gasteiger partial charge in [-0.05, 0) is 37.1 Å². The third kappa shape index (κ3) is 2.92. The van der Waals surface area contributed by atoms with Gasteiger partial charge in [-0.1, -0.05) is 12.8 Å². The van der Waals surface area contributed by atoms with Gasteiger partial charge in [0.1, 0.15) is 0 Å². The van der Waals surface area contributed by atoms with Gasteiger partial charge in [0.15, 0.2) is 4.83 Å². The summed E-state index contributed by atoms with van der Waals surface area (Å²) >= 11 is 5.47. The first kappa shape index (κ1) is 13.5. The van der Waals surface area contributed by atoms with Crippen LogP contribution in [0, 0.1) is 6.92 Å². The number of unbranched alkanes of at least 4 members (excludes halogenated alkanes) is 3. The Morgan fingerprint density at radius 3 is 2.89 bits per heavy atom. The molecule has 0 bridgehead atoms. The average Bonchev–Trinajstić information content (AvgIpc) is 2.74. The number of aryl methyl sites for hydroxylation is 2. The van der Waals surface area contributed by atoms with Gasteiger partial charge in [0, 0.05) is 6.54 Å². The van der Waals surface area contributed by atoms with Gasteiger partial charge in [0.2, 0.25) is 0 Å². The Labute approximate surface area is 116 Å². The van der Waals surface area contributed by atoms with Crippen molar-refractivity contribution in [3.8, 4) is 0 Å². The Morgan fingerprint density at radius 1 is 1.33 bits per heavy atom. The van der Waals surface area contributed by atoms with Crippen molar-refractivity contribution in [1.29, 1.82) is 0 Å². The second-order valence-corrected chi connectivity index (χ2v) is 5.53. The molecule has 0 spiro atoms. The summed E-state index contributed by atoms with van der Waals surface area (Å²) in [4.78, 5) is 17.2. The van der Waals surface area contributed by atoms with E-state index < -0.39 is 0 Å². The maximum Gasteiger partial charge on any atom is 0.263 e.